The average Bonchev–Trinajstić information content (AvgIpc) is 3.14. The maximum Gasteiger partial charge on any atom is 0.414 e. The van der Waals surface area contributed by atoms with Gasteiger partial charge in [-0.05, 0) is 26.3 Å². The van der Waals surface area contributed by atoms with Crippen molar-refractivity contribution in [1.82, 2.24) is 30.3 Å². The minimum Gasteiger partial charge on any atom is -0.446 e. The van der Waals surface area contributed by atoms with Crippen LogP contribution in [0.1, 0.15) is 25.2 Å². The Bertz CT molecular complexity index is 849. The van der Waals surface area contributed by atoms with Crippen molar-refractivity contribution in [3.63, 3.8) is 0 Å². The molecule has 2 aliphatic heterocycles. The number of hydrogen-bond acceptors (Lipinski definition) is 8. The first-order chi connectivity index (χ1) is 13.3. The largest absolute Gasteiger partial charge is 0.446 e. The van der Waals surface area contributed by atoms with E-state index in [0.717, 1.165) is 25.9 Å². The lowest BCUT2D eigenvalue weighted by molar-refractivity contribution is -0.187. The van der Waals surface area contributed by atoms with Crippen LogP contribution in [0, 0.1) is 5.41 Å². The fourth-order valence-corrected chi connectivity index (χ4v) is 4.60. The summed E-state index contributed by atoms with van der Waals surface area (Å²) in [5, 5.41) is 14.2. The molecule has 4 heterocycles. The van der Waals surface area contributed by atoms with Crippen molar-refractivity contribution < 1.29 is 22.3 Å². The molecular weight excluding hydrogens is 379 g/mol. The van der Waals surface area contributed by atoms with E-state index in [4.69, 9.17) is 9.15 Å². The van der Waals surface area contributed by atoms with Crippen LogP contribution in [0.4, 0.5) is 19.1 Å². The fourth-order valence-electron chi connectivity index (χ4n) is 4.60. The molecule has 28 heavy (non-hydrogen) atoms. The third-order valence-corrected chi connectivity index (χ3v) is 6.31. The number of H-pyrrole nitrogens is 1. The Morgan fingerprint density at radius 1 is 1.25 bits per heavy atom. The maximum atomic E-state index is 13.9. The molecule has 12 heteroatoms. The molecule has 0 amide bonds. The zero-order valence-electron chi connectivity index (χ0n) is 15.2. The third kappa shape index (κ3) is 2.50. The van der Waals surface area contributed by atoms with Crippen molar-refractivity contribution >= 4 is 5.95 Å². The van der Waals surface area contributed by atoms with E-state index in [1.165, 1.54) is 11.2 Å². The normalized spacial score (nSPS) is 31.2. The zero-order valence-corrected chi connectivity index (χ0v) is 15.2. The summed E-state index contributed by atoms with van der Waals surface area (Å²) < 4.78 is 53.2. The van der Waals surface area contributed by atoms with Gasteiger partial charge in [0.05, 0.1) is 5.41 Å². The summed E-state index contributed by atoms with van der Waals surface area (Å²) in [5.74, 6) is 0.285. The van der Waals surface area contributed by atoms with Crippen molar-refractivity contribution in [2.24, 2.45) is 5.41 Å². The number of anilines is 1. The Morgan fingerprint density at radius 2 is 2.04 bits per heavy atom. The van der Waals surface area contributed by atoms with Crippen LogP contribution in [0.3, 0.4) is 0 Å². The SMILES string of the molecule is CN1CCC(Oc2nnc([C@]34CN(c5ncn[nH]5)C[C@@]3(C(F)(F)F)C4)o2)CC1. The van der Waals surface area contributed by atoms with E-state index in [1.54, 1.807) is 0 Å². The van der Waals surface area contributed by atoms with E-state index >= 15 is 0 Å². The monoisotopic (exact) mass is 399 g/mol. The molecule has 0 spiro atoms. The van der Waals surface area contributed by atoms with E-state index in [-0.39, 0.29) is 37.6 Å². The highest BCUT2D eigenvalue weighted by Gasteiger charge is 2.86. The van der Waals surface area contributed by atoms with Gasteiger partial charge in [0.25, 0.3) is 0 Å². The summed E-state index contributed by atoms with van der Waals surface area (Å²) in [4.78, 5) is 7.70. The second-order valence-corrected chi connectivity index (χ2v) is 8.00. The van der Waals surface area contributed by atoms with Gasteiger partial charge in [-0.2, -0.15) is 23.3 Å². The number of alkyl halides is 3. The lowest BCUT2D eigenvalue weighted by Gasteiger charge is -2.27. The second-order valence-electron chi connectivity index (χ2n) is 8.00. The minimum absolute atomic E-state index is 0.0187. The van der Waals surface area contributed by atoms with Crippen LogP contribution in [-0.4, -0.2) is 75.8 Å². The van der Waals surface area contributed by atoms with Gasteiger partial charge < -0.3 is 19.0 Å². The van der Waals surface area contributed by atoms with Gasteiger partial charge in [0.15, 0.2) is 0 Å². The molecule has 5 rings (SSSR count). The molecule has 0 radical (unpaired) electrons. The number of hydrogen-bond donors (Lipinski definition) is 1. The van der Waals surface area contributed by atoms with E-state index in [1.807, 2.05) is 7.05 Å². The van der Waals surface area contributed by atoms with Gasteiger partial charge in [0, 0.05) is 26.2 Å². The molecule has 0 unspecified atom stereocenters. The Kier molecular flexibility index (Phi) is 3.68. The topological polar surface area (TPSA) is 96.2 Å². The first kappa shape index (κ1) is 17.7. The molecular formula is C16H20F3N7O2. The van der Waals surface area contributed by atoms with Crippen LogP contribution < -0.4 is 9.64 Å². The van der Waals surface area contributed by atoms with E-state index in [2.05, 4.69) is 30.3 Å². The Morgan fingerprint density at radius 3 is 2.71 bits per heavy atom. The number of fused-ring (bicyclic) bond motifs is 1. The van der Waals surface area contributed by atoms with Crippen LogP contribution in [0.2, 0.25) is 0 Å². The highest BCUT2D eigenvalue weighted by Crippen LogP contribution is 2.74. The maximum absolute atomic E-state index is 13.9. The quantitative estimate of drug-likeness (QED) is 0.824. The van der Waals surface area contributed by atoms with Gasteiger partial charge in [-0.25, -0.2) is 5.10 Å². The highest BCUT2D eigenvalue weighted by molar-refractivity contribution is 5.47. The molecule has 2 aromatic heterocycles. The van der Waals surface area contributed by atoms with Crippen LogP contribution in [0.15, 0.2) is 10.7 Å². The standard InChI is InChI=1S/C16H20F3N7O2/c1-25-4-2-10(3-5-25)27-13-24-22-11(28-13)14-6-15(14,16(17,18)19)8-26(7-14)12-20-9-21-23-12/h9-10H,2-8H2,1H3,(H,20,21,23)/t14-,15-/m0/s1. The zero-order chi connectivity index (χ0) is 19.6. The summed E-state index contributed by atoms with van der Waals surface area (Å²) in [5.41, 5.74) is -3.20. The summed E-state index contributed by atoms with van der Waals surface area (Å²) in [6.07, 6.45) is -1.71. The molecule has 3 aliphatic rings. The molecule has 152 valence electrons. The predicted octanol–water partition coefficient (Wildman–Crippen LogP) is 1.37. The summed E-state index contributed by atoms with van der Waals surface area (Å²) >= 11 is 0. The Balaban J connectivity index is 1.38. The van der Waals surface area contributed by atoms with Gasteiger partial charge >= 0.3 is 12.3 Å². The van der Waals surface area contributed by atoms with Crippen molar-refractivity contribution in [2.45, 2.75) is 37.0 Å². The lowest BCUT2D eigenvalue weighted by Crippen LogP contribution is -2.35. The van der Waals surface area contributed by atoms with E-state index in [0.29, 0.717) is 5.95 Å². The molecule has 2 atom stereocenters. The Labute approximate surface area is 158 Å². The van der Waals surface area contributed by atoms with Crippen LogP contribution in [-0.2, 0) is 5.41 Å². The number of nitrogens with zero attached hydrogens (tertiary/aromatic N) is 6. The molecule has 3 fully saturated rings. The summed E-state index contributed by atoms with van der Waals surface area (Å²) in [7, 11) is 2.03. The summed E-state index contributed by atoms with van der Waals surface area (Å²) in [6.45, 7) is 1.63. The number of ether oxygens (including phenoxy) is 1. The first-order valence-corrected chi connectivity index (χ1v) is 9.19. The van der Waals surface area contributed by atoms with Crippen molar-refractivity contribution in [3.05, 3.63) is 12.2 Å². The van der Waals surface area contributed by atoms with Gasteiger partial charge in [-0.3, -0.25) is 0 Å². The number of piperidine rings is 2. The molecule has 1 N–H and O–H groups in total. The second kappa shape index (κ2) is 5.82. The van der Waals surface area contributed by atoms with Gasteiger partial charge in [-0.15, -0.1) is 5.10 Å². The third-order valence-electron chi connectivity index (χ3n) is 6.31. The fraction of sp³-hybridized carbons (Fsp3) is 0.750. The summed E-state index contributed by atoms with van der Waals surface area (Å²) in [6, 6.07) is 0. The van der Waals surface area contributed by atoms with Crippen molar-refractivity contribution in [2.75, 3.05) is 38.1 Å². The number of nitrogens with one attached hydrogen (secondary N) is 1. The van der Waals surface area contributed by atoms with Crippen LogP contribution in [0.5, 0.6) is 6.08 Å². The molecule has 1 saturated carbocycles. The molecule has 9 nitrogen and oxygen atoms in total. The van der Waals surface area contributed by atoms with Crippen LogP contribution >= 0.6 is 0 Å². The minimum atomic E-state index is -4.40. The number of halogens is 3. The number of likely N-dealkylation sites (tertiary alicyclic amines) is 1. The molecule has 0 aromatic carbocycles. The highest BCUT2D eigenvalue weighted by atomic mass is 19.4. The molecule has 2 saturated heterocycles. The van der Waals surface area contributed by atoms with Crippen LogP contribution in [0.25, 0.3) is 0 Å². The first-order valence-electron chi connectivity index (χ1n) is 9.19. The smallest absolute Gasteiger partial charge is 0.414 e. The molecule has 1 aliphatic carbocycles. The molecule has 2 aromatic rings. The average molecular weight is 399 g/mol. The van der Waals surface area contributed by atoms with Gasteiger partial charge in [0.2, 0.25) is 11.8 Å². The predicted molar refractivity (Wildman–Crippen MR) is 88.8 cm³/mol. The number of aromatic amines is 1. The lowest BCUT2D eigenvalue weighted by atomic mass is 9.95. The van der Waals surface area contributed by atoms with E-state index in [9.17, 15) is 13.2 Å². The number of aromatic nitrogens is 5. The molecule has 0 bridgehead atoms. The van der Waals surface area contributed by atoms with Gasteiger partial charge in [0.1, 0.15) is 17.8 Å². The van der Waals surface area contributed by atoms with Crippen molar-refractivity contribution in [3.8, 4) is 6.08 Å². The van der Waals surface area contributed by atoms with Gasteiger partial charge in [-0.1, -0.05) is 5.10 Å². The Hall–Kier alpha value is -2.37. The van der Waals surface area contributed by atoms with E-state index < -0.39 is 17.0 Å². The number of rotatable bonds is 4. The van der Waals surface area contributed by atoms with Crippen molar-refractivity contribution in [1.29, 1.82) is 0 Å².